The molecule has 2 unspecified atom stereocenters. The minimum atomic E-state index is -4.24. The van der Waals surface area contributed by atoms with Gasteiger partial charge in [-0.2, -0.15) is 24.9 Å². The second kappa shape index (κ2) is 6.85. The van der Waals surface area contributed by atoms with Crippen LogP contribution in [-0.2, 0) is 12.6 Å². The van der Waals surface area contributed by atoms with Gasteiger partial charge in [0.2, 0.25) is 0 Å². The van der Waals surface area contributed by atoms with Gasteiger partial charge in [-0.15, -0.1) is 0 Å². The second-order valence-corrected chi connectivity index (χ2v) is 6.33. The van der Waals surface area contributed by atoms with Gasteiger partial charge in [0.1, 0.15) is 0 Å². The van der Waals surface area contributed by atoms with E-state index in [-0.39, 0.29) is 0 Å². The lowest BCUT2D eigenvalue weighted by molar-refractivity contribution is -0.137. The van der Waals surface area contributed by atoms with Crippen LogP contribution in [0.2, 0.25) is 0 Å². The van der Waals surface area contributed by atoms with E-state index in [0.29, 0.717) is 12.0 Å². The molecule has 112 valence electrons. The minimum absolute atomic E-state index is 0.488. The first kappa shape index (κ1) is 15.7. The third kappa shape index (κ3) is 4.16. The van der Waals surface area contributed by atoms with Gasteiger partial charge in [0.25, 0.3) is 0 Å². The second-order valence-electron chi connectivity index (χ2n) is 5.26. The molecule has 0 aromatic heterocycles. The highest BCUT2D eigenvalue weighted by molar-refractivity contribution is 7.99. The van der Waals surface area contributed by atoms with Crippen molar-refractivity contribution >= 4 is 11.8 Å². The molecule has 1 fully saturated rings. The van der Waals surface area contributed by atoms with E-state index < -0.39 is 11.7 Å². The number of hydrogen-bond acceptors (Lipinski definition) is 2. The number of nitrogens with one attached hydrogen (secondary N) is 1. The van der Waals surface area contributed by atoms with Crippen LogP contribution < -0.4 is 5.32 Å². The molecular formula is C15H20F3NS. The van der Waals surface area contributed by atoms with Crippen LogP contribution in [0.25, 0.3) is 0 Å². The molecule has 1 saturated heterocycles. The van der Waals surface area contributed by atoms with E-state index in [1.165, 1.54) is 12.1 Å². The van der Waals surface area contributed by atoms with Crippen molar-refractivity contribution in [2.24, 2.45) is 5.92 Å². The first-order valence-electron chi connectivity index (χ1n) is 6.98. The lowest BCUT2D eigenvalue weighted by atomic mass is 9.94. The highest BCUT2D eigenvalue weighted by Gasteiger charge is 2.31. The number of thioether (sulfide) groups is 1. The van der Waals surface area contributed by atoms with Gasteiger partial charge < -0.3 is 5.32 Å². The van der Waals surface area contributed by atoms with Gasteiger partial charge in [0.15, 0.2) is 0 Å². The summed E-state index contributed by atoms with van der Waals surface area (Å²) >= 11 is 1.92. The lowest BCUT2D eigenvalue weighted by Gasteiger charge is -2.20. The van der Waals surface area contributed by atoms with E-state index in [2.05, 4.69) is 12.2 Å². The summed E-state index contributed by atoms with van der Waals surface area (Å²) in [7, 11) is 0. The van der Waals surface area contributed by atoms with Crippen molar-refractivity contribution in [1.82, 2.24) is 5.32 Å². The van der Waals surface area contributed by atoms with Crippen LogP contribution in [0.15, 0.2) is 24.3 Å². The van der Waals surface area contributed by atoms with E-state index in [4.69, 9.17) is 0 Å². The van der Waals surface area contributed by atoms with Gasteiger partial charge >= 0.3 is 6.18 Å². The molecule has 0 saturated carbocycles. The first-order valence-corrected chi connectivity index (χ1v) is 8.13. The van der Waals surface area contributed by atoms with E-state index in [1.807, 2.05) is 11.8 Å². The number of alkyl halides is 3. The zero-order chi connectivity index (χ0) is 14.6. The van der Waals surface area contributed by atoms with Crippen molar-refractivity contribution in [3.05, 3.63) is 35.4 Å². The molecule has 2 atom stereocenters. The monoisotopic (exact) mass is 303 g/mol. The molecule has 0 amide bonds. The van der Waals surface area contributed by atoms with E-state index in [0.717, 1.165) is 36.5 Å². The van der Waals surface area contributed by atoms with Crippen molar-refractivity contribution in [3.63, 3.8) is 0 Å². The Kier molecular flexibility index (Phi) is 5.38. The van der Waals surface area contributed by atoms with Crippen LogP contribution in [-0.4, -0.2) is 24.1 Å². The normalized spacial score (nSPS) is 23.2. The van der Waals surface area contributed by atoms with Crippen molar-refractivity contribution < 1.29 is 13.2 Å². The number of benzene rings is 1. The highest BCUT2D eigenvalue weighted by Crippen LogP contribution is 2.31. The number of rotatable bonds is 5. The average Bonchev–Trinajstić information content (AvgIpc) is 2.83. The molecule has 0 spiro atoms. The maximum atomic E-state index is 12.5. The molecule has 2 rings (SSSR count). The van der Waals surface area contributed by atoms with E-state index in [9.17, 15) is 13.2 Å². The smallest absolute Gasteiger partial charge is 0.313 e. The molecule has 5 heteroatoms. The molecule has 1 aromatic rings. The summed E-state index contributed by atoms with van der Waals surface area (Å²) in [4.78, 5) is 0. The van der Waals surface area contributed by atoms with E-state index >= 15 is 0 Å². The van der Waals surface area contributed by atoms with Gasteiger partial charge in [-0.1, -0.05) is 19.1 Å². The zero-order valence-corrected chi connectivity index (χ0v) is 12.4. The Morgan fingerprint density at radius 2 is 1.90 bits per heavy atom. The standard InChI is InChI=1S/C15H20F3NS/c1-2-7-19-14-10-20-9-12(14)8-11-3-5-13(6-4-11)15(16,17)18/h3-6,12,14,19H,2,7-10H2,1H3. The average molecular weight is 303 g/mol. The summed E-state index contributed by atoms with van der Waals surface area (Å²) in [6.07, 6.45) is -2.28. The quantitative estimate of drug-likeness (QED) is 0.883. The third-order valence-corrected chi connectivity index (χ3v) is 4.89. The Labute approximate surface area is 122 Å². The molecule has 1 N–H and O–H groups in total. The van der Waals surface area contributed by atoms with Gasteiger partial charge in [-0.25, -0.2) is 0 Å². The molecule has 1 heterocycles. The fourth-order valence-electron chi connectivity index (χ4n) is 2.49. The Bertz CT molecular complexity index is 416. The molecule has 1 nitrogen and oxygen atoms in total. The van der Waals surface area contributed by atoms with Crippen molar-refractivity contribution in [2.45, 2.75) is 32.0 Å². The molecule has 0 radical (unpaired) electrons. The Hall–Kier alpha value is -0.680. The maximum Gasteiger partial charge on any atom is 0.416 e. The summed E-state index contributed by atoms with van der Waals surface area (Å²) in [6, 6.07) is 6.09. The summed E-state index contributed by atoms with van der Waals surface area (Å²) in [5.41, 5.74) is 0.427. The van der Waals surface area contributed by atoms with Crippen LogP contribution in [0, 0.1) is 5.92 Å². The van der Waals surface area contributed by atoms with Crippen LogP contribution in [0.4, 0.5) is 13.2 Å². The Morgan fingerprint density at radius 3 is 2.50 bits per heavy atom. The molecule has 0 aliphatic carbocycles. The maximum absolute atomic E-state index is 12.5. The molecule has 20 heavy (non-hydrogen) atoms. The number of halogens is 3. The molecule has 0 bridgehead atoms. The van der Waals surface area contributed by atoms with Gasteiger partial charge in [0, 0.05) is 11.8 Å². The summed E-state index contributed by atoms with van der Waals surface area (Å²) < 4.78 is 37.5. The first-order chi connectivity index (χ1) is 9.50. The van der Waals surface area contributed by atoms with Crippen molar-refractivity contribution in [2.75, 3.05) is 18.1 Å². The lowest BCUT2D eigenvalue weighted by Crippen LogP contribution is -2.36. The predicted octanol–water partition coefficient (Wildman–Crippen LogP) is 3.98. The van der Waals surface area contributed by atoms with Gasteiger partial charge in [-0.3, -0.25) is 0 Å². The summed E-state index contributed by atoms with van der Waals surface area (Å²) in [6.45, 7) is 3.15. The van der Waals surface area contributed by atoms with E-state index in [1.54, 1.807) is 12.1 Å². The van der Waals surface area contributed by atoms with Crippen LogP contribution in [0.1, 0.15) is 24.5 Å². The number of hydrogen-bond donors (Lipinski definition) is 1. The zero-order valence-electron chi connectivity index (χ0n) is 11.5. The molecule has 1 aliphatic heterocycles. The predicted molar refractivity (Wildman–Crippen MR) is 78.0 cm³/mol. The highest BCUT2D eigenvalue weighted by atomic mass is 32.2. The van der Waals surface area contributed by atoms with Crippen molar-refractivity contribution in [1.29, 1.82) is 0 Å². The molecule has 1 aliphatic rings. The molecular weight excluding hydrogens is 283 g/mol. The topological polar surface area (TPSA) is 12.0 Å². The molecule has 1 aromatic carbocycles. The van der Waals surface area contributed by atoms with Crippen molar-refractivity contribution in [3.8, 4) is 0 Å². The Morgan fingerprint density at radius 1 is 1.20 bits per heavy atom. The van der Waals surface area contributed by atoms with Gasteiger partial charge in [-0.05, 0) is 48.8 Å². The van der Waals surface area contributed by atoms with Crippen LogP contribution in [0.3, 0.4) is 0 Å². The fourth-order valence-corrected chi connectivity index (χ4v) is 3.92. The SMILES string of the molecule is CCCNC1CSCC1Cc1ccc(C(F)(F)F)cc1. The Balaban J connectivity index is 1.95. The fraction of sp³-hybridized carbons (Fsp3) is 0.600. The largest absolute Gasteiger partial charge is 0.416 e. The minimum Gasteiger partial charge on any atom is -0.313 e. The third-order valence-electron chi connectivity index (χ3n) is 3.63. The van der Waals surface area contributed by atoms with Crippen LogP contribution in [0.5, 0.6) is 0 Å². The summed E-state index contributed by atoms with van der Waals surface area (Å²) in [5, 5.41) is 3.54. The van der Waals surface area contributed by atoms with Gasteiger partial charge in [0.05, 0.1) is 5.56 Å². The summed E-state index contributed by atoms with van der Waals surface area (Å²) in [5.74, 6) is 2.71. The van der Waals surface area contributed by atoms with Crippen LogP contribution >= 0.6 is 11.8 Å².